The van der Waals surface area contributed by atoms with Gasteiger partial charge in [0.05, 0.1) is 0 Å². The van der Waals surface area contributed by atoms with E-state index in [1.165, 1.54) is 25.7 Å². The second kappa shape index (κ2) is 11.5. The Labute approximate surface area is 136 Å². The van der Waals surface area contributed by atoms with E-state index in [1.807, 2.05) is 9.80 Å². The molecule has 0 aromatic carbocycles. The van der Waals surface area contributed by atoms with E-state index in [0.29, 0.717) is 11.8 Å². The Bertz CT molecular complexity index is 299. The Balaban J connectivity index is 0.000000220. The van der Waals surface area contributed by atoms with Gasteiger partial charge in [-0.2, -0.15) is 0 Å². The molecule has 0 aromatic heterocycles. The fourth-order valence-corrected chi connectivity index (χ4v) is 2.89. The molecule has 0 aliphatic carbocycles. The summed E-state index contributed by atoms with van der Waals surface area (Å²) in [6, 6.07) is 0. The Hall–Kier alpha value is -1.06. The first-order chi connectivity index (χ1) is 10.7. The van der Waals surface area contributed by atoms with Crippen molar-refractivity contribution in [3.63, 3.8) is 0 Å². The molecular weight excluding hydrogens is 276 g/mol. The molecule has 0 radical (unpaired) electrons. The molecule has 2 fully saturated rings. The van der Waals surface area contributed by atoms with Crippen molar-refractivity contribution >= 4 is 11.8 Å². The van der Waals surface area contributed by atoms with E-state index >= 15 is 0 Å². The van der Waals surface area contributed by atoms with Crippen molar-refractivity contribution in [1.29, 1.82) is 0 Å². The molecule has 4 nitrogen and oxygen atoms in total. The third kappa shape index (κ3) is 7.28. The number of carbonyl (C=O) groups is 2. The Morgan fingerprint density at radius 2 is 1.14 bits per heavy atom. The molecule has 2 heterocycles. The third-order valence-corrected chi connectivity index (χ3v) is 4.41. The Morgan fingerprint density at radius 3 is 1.45 bits per heavy atom. The number of piperidine rings is 2. The lowest BCUT2D eigenvalue weighted by Crippen LogP contribution is -2.35. The van der Waals surface area contributed by atoms with Crippen molar-refractivity contribution in [2.24, 2.45) is 0 Å². The quantitative estimate of drug-likeness (QED) is 0.752. The summed E-state index contributed by atoms with van der Waals surface area (Å²) < 4.78 is 0. The number of likely N-dealkylation sites (tertiary alicyclic amines) is 2. The molecule has 0 saturated carbocycles. The summed E-state index contributed by atoms with van der Waals surface area (Å²) in [6.45, 7) is 8.28. The van der Waals surface area contributed by atoms with Gasteiger partial charge in [-0.3, -0.25) is 9.59 Å². The van der Waals surface area contributed by atoms with E-state index in [4.69, 9.17) is 0 Å². The summed E-state index contributed by atoms with van der Waals surface area (Å²) in [6.07, 6.45) is 10.9. The Kier molecular flexibility index (Phi) is 9.93. The smallest absolute Gasteiger partial charge is 0.222 e. The van der Waals surface area contributed by atoms with Gasteiger partial charge < -0.3 is 9.80 Å². The maximum Gasteiger partial charge on any atom is 0.222 e. The van der Waals surface area contributed by atoms with E-state index in [0.717, 1.165) is 64.7 Å². The molecule has 4 heteroatoms. The number of hydrogen-bond donors (Lipinski definition) is 0. The lowest BCUT2D eigenvalue weighted by Gasteiger charge is -2.26. The molecule has 0 bridgehead atoms. The lowest BCUT2D eigenvalue weighted by atomic mass is 10.1. The van der Waals surface area contributed by atoms with Crippen molar-refractivity contribution in [3.8, 4) is 0 Å². The van der Waals surface area contributed by atoms with Crippen LogP contribution in [0.4, 0.5) is 0 Å². The predicted molar refractivity (Wildman–Crippen MR) is 90.7 cm³/mol. The summed E-state index contributed by atoms with van der Waals surface area (Å²) >= 11 is 0. The maximum atomic E-state index is 11.2. The first-order valence-corrected chi connectivity index (χ1v) is 9.24. The SMILES string of the molecule is CCCCN1CCCCC1=O.CCCCN1CCCCC1=O. The molecule has 0 atom stereocenters. The van der Waals surface area contributed by atoms with Gasteiger partial charge in [0.1, 0.15) is 0 Å². The highest BCUT2D eigenvalue weighted by Crippen LogP contribution is 2.11. The number of rotatable bonds is 6. The van der Waals surface area contributed by atoms with Crippen molar-refractivity contribution in [1.82, 2.24) is 9.80 Å². The van der Waals surface area contributed by atoms with Crippen LogP contribution in [0.2, 0.25) is 0 Å². The van der Waals surface area contributed by atoms with E-state index in [9.17, 15) is 9.59 Å². The molecule has 0 spiro atoms. The van der Waals surface area contributed by atoms with Gasteiger partial charge in [-0.15, -0.1) is 0 Å². The molecule has 0 N–H and O–H groups in total. The number of nitrogens with zero attached hydrogens (tertiary/aromatic N) is 2. The molecule has 2 rings (SSSR count). The maximum absolute atomic E-state index is 11.2. The highest BCUT2D eigenvalue weighted by Gasteiger charge is 2.17. The van der Waals surface area contributed by atoms with Crippen LogP contribution >= 0.6 is 0 Å². The van der Waals surface area contributed by atoms with Crippen molar-refractivity contribution in [2.75, 3.05) is 26.2 Å². The van der Waals surface area contributed by atoms with Crippen LogP contribution in [0.5, 0.6) is 0 Å². The minimum Gasteiger partial charge on any atom is -0.343 e. The minimum absolute atomic E-state index is 0.365. The van der Waals surface area contributed by atoms with Gasteiger partial charge in [0.2, 0.25) is 11.8 Å². The van der Waals surface area contributed by atoms with Gasteiger partial charge in [0.25, 0.3) is 0 Å². The standard InChI is InChI=1S/2C9H17NO/c2*1-2-3-7-10-8-5-4-6-9(10)11/h2*2-8H2,1H3. The third-order valence-electron chi connectivity index (χ3n) is 4.41. The fraction of sp³-hybridized carbons (Fsp3) is 0.889. The predicted octanol–water partition coefficient (Wildman–Crippen LogP) is 3.60. The van der Waals surface area contributed by atoms with Crippen molar-refractivity contribution in [3.05, 3.63) is 0 Å². The van der Waals surface area contributed by atoms with Gasteiger partial charge in [0, 0.05) is 39.0 Å². The summed E-state index contributed by atoms with van der Waals surface area (Å²) in [5.41, 5.74) is 0. The molecule has 2 amide bonds. The molecule has 2 aliphatic heterocycles. The van der Waals surface area contributed by atoms with Crippen LogP contribution in [0, 0.1) is 0 Å². The highest BCUT2D eigenvalue weighted by molar-refractivity contribution is 5.77. The lowest BCUT2D eigenvalue weighted by molar-refractivity contribution is -0.134. The number of unbranched alkanes of at least 4 members (excludes halogenated alkanes) is 2. The highest BCUT2D eigenvalue weighted by atomic mass is 16.2. The van der Waals surface area contributed by atoms with Crippen molar-refractivity contribution < 1.29 is 9.59 Å². The van der Waals surface area contributed by atoms with E-state index < -0.39 is 0 Å². The second-order valence-corrected chi connectivity index (χ2v) is 6.38. The molecule has 128 valence electrons. The van der Waals surface area contributed by atoms with E-state index in [2.05, 4.69) is 13.8 Å². The van der Waals surface area contributed by atoms with E-state index in [1.54, 1.807) is 0 Å². The second-order valence-electron chi connectivity index (χ2n) is 6.38. The van der Waals surface area contributed by atoms with Crippen LogP contribution in [0.15, 0.2) is 0 Å². The van der Waals surface area contributed by atoms with Crippen molar-refractivity contribution in [2.45, 2.75) is 78.1 Å². The molecule has 0 unspecified atom stereocenters. The summed E-state index contributed by atoms with van der Waals surface area (Å²) in [5.74, 6) is 0.731. The zero-order valence-electron chi connectivity index (χ0n) is 14.6. The van der Waals surface area contributed by atoms with E-state index in [-0.39, 0.29) is 0 Å². The minimum atomic E-state index is 0.365. The zero-order chi connectivity index (χ0) is 16.2. The first kappa shape index (κ1) is 19.0. The van der Waals surface area contributed by atoms with Gasteiger partial charge in [-0.05, 0) is 38.5 Å². The zero-order valence-corrected chi connectivity index (χ0v) is 14.6. The normalized spacial score (nSPS) is 19.0. The summed E-state index contributed by atoms with van der Waals surface area (Å²) in [5, 5.41) is 0. The molecular formula is C18H34N2O2. The van der Waals surface area contributed by atoms with Gasteiger partial charge in [-0.25, -0.2) is 0 Å². The average molecular weight is 310 g/mol. The number of carbonyl (C=O) groups excluding carboxylic acids is 2. The van der Waals surface area contributed by atoms with Gasteiger partial charge in [-0.1, -0.05) is 26.7 Å². The average Bonchev–Trinajstić information content (AvgIpc) is 2.54. The number of amides is 2. The molecule has 22 heavy (non-hydrogen) atoms. The molecule has 2 saturated heterocycles. The van der Waals surface area contributed by atoms with Gasteiger partial charge >= 0.3 is 0 Å². The van der Waals surface area contributed by atoms with Crippen LogP contribution in [0.25, 0.3) is 0 Å². The van der Waals surface area contributed by atoms with Crippen LogP contribution in [-0.2, 0) is 9.59 Å². The van der Waals surface area contributed by atoms with Crippen LogP contribution in [-0.4, -0.2) is 47.8 Å². The summed E-state index contributed by atoms with van der Waals surface area (Å²) in [4.78, 5) is 26.5. The largest absolute Gasteiger partial charge is 0.343 e. The van der Waals surface area contributed by atoms with Crippen LogP contribution < -0.4 is 0 Å². The van der Waals surface area contributed by atoms with Crippen LogP contribution in [0.3, 0.4) is 0 Å². The number of hydrogen-bond acceptors (Lipinski definition) is 2. The van der Waals surface area contributed by atoms with Gasteiger partial charge in [0.15, 0.2) is 0 Å². The Morgan fingerprint density at radius 1 is 0.727 bits per heavy atom. The molecule has 2 aliphatic rings. The summed E-state index contributed by atoms with van der Waals surface area (Å²) in [7, 11) is 0. The topological polar surface area (TPSA) is 40.6 Å². The first-order valence-electron chi connectivity index (χ1n) is 9.24. The fourth-order valence-electron chi connectivity index (χ4n) is 2.89. The monoisotopic (exact) mass is 310 g/mol. The molecule has 0 aromatic rings. The van der Waals surface area contributed by atoms with Crippen LogP contribution in [0.1, 0.15) is 78.1 Å².